The number of H-pyrrole nitrogens is 1. The molecule has 0 radical (unpaired) electrons. The first-order chi connectivity index (χ1) is 8.85. The van der Waals surface area contributed by atoms with Crippen molar-refractivity contribution < 1.29 is 1.43 Å². The minimum absolute atomic E-state index is 0. The number of fused-ring (bicyclic) bond motifs is 1. The summed E-state index contributed by atoms with van der Waals surface area (Å²) in [5, 5.41) is 0. The summed E-state index contributed by atoms with van der Waals surface area (Å²) in [5.41, 5.74) is 2.25. The highest BCUT2D eigenvalue weighted by Crippen LogP contribution is 2.25. The quantitative estimate of drug-likeness (QED) is 0.741. The molecule has 2 heteroatoms. The lowest BCUT2D eigenvalue weighted by molar-refractivity contribution is 0.549. The highest BCUT2D eigenvalue weighted by molar-refractivity contribution is 5.74. The van der Waals surface area contributed by atoms with E-state index in [-0.39, 0.29) is 1.43 Å². The second-order valence-corrected chi connectivity index (χ2v) is 4.39. The third kappa shape index (κ3) is 3.59. The molecule has 0 amide bonds. The highest BCUT2D eigenvalue weighted by atomic mass is 14.9. The van der Waals surface area contributed by atoms with Gasteiger partial charge in [-0.1, -0.05) is 52.7 Å². The lowest BCUT2D eigenvalue weighted by Crippen LogP contribution is -1.99. The average Bonchev–Trinajstić information content (AvgIpc) is 2.85. The Kier molecular flexibility index (Phi) is 6.48. The van der Waals surface area contributed by atoms with E-state index in [4.69, 9.17) is 0 Å². The maximum absolute atomic E-state index is 4.68. The van der Waals surface area contributed by atoms with Crippen molar-refractivity contribution in [2.45, 2.75) is 59.3 Å². The van der Waals surface area contributed by atoms with Crippen molar-refractivity contribution in [1.82, 2.24) is 9.97 Å². The number of unbranched alkanes of at least 4 members (excludes halogenated alkanes) is 1. The summed E-state index contributed by atoms with van der Waals surface area (Å²) >= 11 is 0. The molecule has 0 aliphatic rings. The van der Waals surface area contributed by atoms with Gasteiger partial charge in [0.05, 0.1) is 11.0 Å². The largest absolute Gasteiger partial charge is 0.342 e. The van der Waals surface area contributed by atoms with Crippen LogP contribution in [0.25, 0.3) is 11.0 Å². The number of hydrogen-bond acceptors (Lipinski definition) is 1. The lowest BCUT2D eigenvalue weighted by atomic mass is 9.99. The highest BCUT2D eigenvalue weighted by Gasteiger charge is 2.12. The molecule has 1 aromatic carbocycles. The third-order valence-corrected chi connectivity index (χ3v) is 3.19. The van der Waals surface area contributed by atoms with Crippen LogP contribution in [-0.2, 0) is 0 Å². The molecular weight excluding hydrogens is 220 g/mol. The Morgan fingerprint density at radius 3 is 2.56 bits per heavy atom. The number of nitrogens with zero attached hydrogens (tertiary/aromatic N) is 1. The molecule has 0 spiro atoms. The molecule has 0 aliphatic carbocycles. The number of aromatic amines is 1. The molecule has 2 nitrogen and oxygen atoms in total. The summed E-state index contributed by atoms with van der Waals surface area (Å²) < 4.78 is 0. The fourth-order valence-corrected chi connectivity index (χ4v) is 2.15. The van der Waals surface area contributed by atoms with Crippen molar-refractivity contribution in [3.63, 3.8) is 0 Å². The van der Waals surface area contributed by atoms with Gasteiger partial charge in [0.2, 0.25) is 0 Å². The second kappa shape index (κ2) is 7.91. The number of hydrogen-bond donors (Lipinski definition) is 1. The molecule has 2 rings (SSSR count). The van der Waals surface area contributed by atoms with Crippen molar-refractivity contribution in [2.75, 3.05) is 0 Å². The Hall–Kier alpha value is -1.31. The monoisotopic (exact) mass is 248 g/mol. The summed E-state index contributed by atoms with van der Waals surface area (Å²) in [4.78, 5) is 8.13. The summed E-state index contributed by atoms with van der Waals surface area (Å²) in [6.45, 7) is 8.48. The summed E-state index contributed by atoms with van der Waals surface area (Å²) in [6, 6.07) is 8.26. The SMILES string of the molecule is CC.CCCCC(CC)c1nc2ccccc2[nH]1.[HH]. The predicted octanol–water partition coefficient (Wildman–Crippen LogP) is 5.52. The fourth-order valence-electron chi connectivity index (χ4n) is 2.15. The zero-order valence-electron chi connectivity index (χ0n) is 12.2. The van der Waals surface area contributed by atoms with Crippen molar-refractivity contribution in [3.05, 3.63) is 30.1 Å². The molecule has 2 aromatic rings. The number of imidazole rings is 1. The van der Waals surface area contributed by atoms with Crippen LogP contribution >= 0.6 is 0 Å². The van der Waals surface area contributed by atoms with Gasteiger partial charge in [0.15, 0.2) is 0 Å². The maximum Gasteiger partial charge on any atom is 0.110 e. The summed E-state index contributed by atoms with van der Waals surface area (Å²) in [5.74, 6) is 1.75. The van der Waals surface area contributed by atoms with Gasteiger partial charge in [0.25, 0.3) is 0 Å². The number of benzene rings is 1. The second-order valence-electron chi connectivity index (χ2n) is 4.39. The summed E-state index contributed by atoms with van der Waals surface area (Å²) in [6.07, 6.45) is 4.96. The van der Waals surface area contributed by atoms with E-state index in [1.807, 2.05) is 19.9 Å². The van der Waals surface area contributed by atoms with Crippen LogP contribution in [0.3, 0.4) is 0 Å². The molecule has 1 heterocycles. The predicted molar refractivity (Wildman–Crippen MR) is 82.1 cm³/mol. The third-order valence-electron chi connectivity index (χ3n) is 3.19. The van der Waals surface area contributed by atoms with Gasteiger partial charge in [0, 0.05) is 7.34 Å². The van der Waals surface area contributed by atoms with Gasteiger partial charge in [-0.15, -0.1) is 0 Å². The van der Waals surface area contributed by atoms with Crippen LogP contribution in [0.15, 0.2) is 24.3 Å². The Bertz CT molecular complexity index is 418. The van der Waals surface area contributed by atoms with Gasteiger partial charge in [-0.05, 0) is 25.0 Å². The normalized spacial score (nSPS) is 12.0. The summed E-state index contributed by atoms with van der Waals surface area (Å²) in [7, 11) is 0. The first-order valence-electron chi connectivity index (χ1n) is 7.29. The number of para-hydroxylation sites is 2. The van der Waals surface area contributed by atoms with Crippen molar-refractivity contribution >= 4 is 11.0 Å². The molecular formula is C16H28N2. The van der Waals surface area contributed by atoms with Crippen LogP contribution in [0.2, 0.25) is 0 Å². The Balaban J connectivity index is 0.00000103. The Morgan fingerprint density at radius 2 is 1.94 bits per heavy atom. The van der Waals surface area contributed by atoms with Crippen LogP contribution in [0.1, 0.15) is 66.5 Å². The molecule has 1 aromatic heterocycles. The topological polar surface area (TPSA) is 28.7 Å². The number of aromatic nitrogens is 2. The molecule has 102 valence electrons. The molecule has 18 heavy (non-hydrogen) atoms. The van der Waals surface area contributed by atoms with E-state index >= 15 is 0 Å². The van der Waals surface area contributed by atoms with E-state index in [1.54, 1.807) is 0 Å². The van der Waals surface area contributed by atoms with Gasteiger partial charge in [-0.2, -0.15) is 0 Å². The van der Waals surface area contributed by atoms with Crippen molar-refractivity contribution in [2.24, 2.45) is 0 Å². The smallest absolute Gasteiger partial charge is 0.110 e. The molecule has 1 unspecified atom stereocenters. The van der Waals surface area contributed by atoms with Gasteiger partial charge >= 0.3 is 0 Å². The van der Waals surface area contributed by atoms with E-state index in [2.05, 4.69) is 42.0 Å². The Labute approximate surface area is 112 Å². The minimum Gasteiger partial charge on any atom is -0.342 e. The first kappa shape index (κ1) is 14.7. The molecule has 0 aliphatic heterocycles. The van der Waals surface area contributed by atoms with Crippen LogP contribution in [0, 0.1) is 0 Å². The Morgan fingerprint density at radius 1 is 1.22 bits per heavy atom. The van der Waals surface area contributed by atoms with E-state index in [0.29, 0.717) is 5.92 Å². The zero-order chi connectivity index (χ0) is 13.4. The molecule has 0 saturated carbocycles. The molecule has 1 N–H and O–H groups in total. The van der Waals surface area contributed by atoms with Crippen molar-refractivity contribution in [3.8, 4) is 0 Å². The van der Waals surface area contributed by atoms with Gasteiger partial charge in [-0.3, -0.25) is 0 Å². The van der Waals surface area contributed by atoms with E-state index in [1.165, 1.54) is 25.7 Å². The van der Waals surface area contributed by atoms with Crippen LogP contribution in [-0.4, -0.2) is 9.97 Å². The van der Waals surface area contributed by atoms with Gasteiger partial charge in [0.1, 0.15) is 5.82 Å². The van der Waals surface area contributed by atoms with Crippen LogP contribution < -0.4 is 0 Å². The van der Waals surface area contributed by atoms with E-state index in [0.717, 1.165) is 16.9 Å². The fraction of sp³-hybridized carbons (Fsp3) is 0.562. The molecule has 0 fully saturated rings. The van der Waals surface area contributed by atoms with Gasteiger partial charge < -0.3 is 4.98 Å². The number of rotatable bonds is 5. The van der Waals surface area contributed by atoms with Gasteiger partial charge in [-0.25, -0.2) is 4.98 Å². The van der Waals surface area contributed by atoms with Crippen molar-refractivity contribution in [1.29, 1.82) is 0 Å². The number of nitrogens with one attached hydrogen (secondary N) is 1. The maximum atomic E-state index is 4.68. The molecule has 0 saturated heterocycles. The standard InChI is InChI=1S/C14H20N2.C2H6.H2/c1-3-5-8-11(4-2)14-15-12-9-6-7-10-13(12)16-14;1-2;/h6-7,9-11H,3-5,8H2,1-2H3,(H,15,16);1-2H3;1H. The zero-order valence-corrected chi connectivity index (χ0v) is 12.2. The van der Waals surface area contributed by atoms with E-state index < -0.39 is 0 Å². The van der Waals surface area contributed by atoms with Crippen LogP contribution in [0.4, 0.5) is 0 Å². The van der Waals surface area contributed by atoms with E-state index in [9.17, 15) is 0 Å². The minimum atomic E-state index is 0. The average molecular weight is 248 g/mol. The first-order valence-corrected chi connectivity index (χ1v) is 7.29. The molecule has 1 atom stereocenters. The lowest BCUT2D eigenvalue weighted by Gasteiger charge is -2.10. The van der Waals surface area contributed by atoms with Crippen LogP contribution in [0.5, 0.6) is 0 Å². The molecule has 0 bridgehead atoms.